The molecule has 0 saturated heterocycles. The number of hydrogen-bond acceptors (Lipinski definition) is 1. The van der Waals surface area contributed by atoms with Gasteiger partial charge in [0.1, 0.15) is 0 Å². The molecule has 0 saturated carbocycles. The van der Waals surface area contributed by atoms with Gasteiger partial charge >= 0.3 is 0 Å². The molecule has 2 nitrogen and oxygen atoms in total. The van der Waals surface area contributed by atoms with Gasteiger partial charge in [-0.3, -0.25) is 4.79 Å². The Morgan fingerprint density at radius 2 is 1.72 bits per heavy atom. The van der Waals surface area contributed by atoms with Crippen molar-refractivity contribution in [2.45, 2.75) is 13.0 Å². The highest BCUT2D eigenvalue weighted by Crippen LogP contribution is 2.12. The molecule has 0 bridgehead atoms. The molecule has 1 amide bonds. The van der Waals surface area contributed by atoms with Gasteiger partial charge in [0.25, 0.3) is 0 Å². The third-order valence-electron chi connectivity index (χ3n) is 2.59. The van der Waals surface area contributed by atoms with E-state index in [9.17, 15) is 4.79 Å². The van der Waals surface area contributed by atoms with E-state index in [0.29, 0.717) is 13.0 Å². The highest BCUT2D eigenvalue weighted by atomic mass is 79.9. The first-order chi connectivity index (χ1) is 8.74. The normalized spacial score (nSPS) is 10.1. The van der Waals surface area contributed by atoms with Crippen LogP contribution in [0.1, 0.15) is 11.1 Å². The van der Waals surface area contributed by atoms with Crippen molar-refractivity contribution in [2.75, 3.05) is 0 Å². The van der Waals surface area contributed by atoms with Crippen molar-refractivity contribution < 1.29 is 4.79 Å². The van der Waals surface area contributed by atoms with Crippen LogP contribution >= 0.6 is 15.9 Å². The van der Waals surface area contributed by atoms with Crippen molar-refractivity contribution >= 4 is 21.8 Å². The molecule has 0 spiro atoms. The third kappa shape index (κ3) is 4.00. The van der Waals surface area contributed by atoms with Crippen LogP contribution < -0.4 is 5.32 Å². The lowest BCUT2D eigenvalue weighted by Gasteiger charge is -2.05. The van der Waals surface area contributed by atoms with Gasteiger partial charge in [0.2, 0.25) is 5.91 Å². The first-order valence-electron chi connectivity index (χ1n) is 5.79. The average Bonchev–Trinajstić information content (AvgIpc) is 2.38. The molecule has 2 aromatic carbocycles. The molecule has 0 aliphatic rings. The fourth-order valence-electron chi connectivity index (χ4n) is 1.69. The maximum atomic E-state index is 11.8. The molecule has 2 aromatic rings. The number of carbonyl (C=O) groups is 1. The SMILES string of the molecule is O=C(Cc1cccc(Br)c1)NCc1ccccc1. The Hall–Kier alpha value is -1.61. The first-order valence-corrected chi connectivity index (χ1v) is 6.58. The van der Waals surface area contributed by atoms with Crippen molar-refractivity contribution in [3.63, 3.8) is 0 Å². The van der Waals surface area contributed by atoms with Crippen molar-refractivity contribution in [1.82, 2.24) is 5.32 Å². The number of rotatable bonds is 4. The Morgan fingerprint density at radius 3 is 2.44 bits per heavy atom. The van der Waals surface area contributed by atoms with Gasteiger partial charge in [0.15, 0.2) is 0 Å². The Bertz CT molecular complexity index is 525. The van der Waals surface area contributed by atoms with E-state index in [1.165, 1.54) is 0 Å². The van der Waals surface area contributed by atoms with Crippen LogP contribution in [0.5, 0.6) is 0 Å². The highest BCUT2D eigenvalue weighted by molar-refractivity contribution is 9.10. The summed E-state index contributed by atoms with van der Waals surface area (Å²) >= 11 is 3.40. The molecule has 92 valence electrons. The van der Waals surface area contributed by atoms with Crippen LogP contribution in [-0.2, 0) is 17.8 Å². The summed E-state index contributed by atoms with van der Waals surface area (Å²) in [5.74, 6) is 0.0388. The van der Waals surface area contributed by atoms with Crippen LogP contribution in [0, 0.1) is 0 Å². The summed E-state index contributed by atoms with van der Waals surface area (Å²) in [5, 5.41) is 2.91. The standard InChI is InChI=1S/C15H14BrNO/c16-14-8-4-7-13(9-14)10-15(18)17-11-12-5-2-1-3-6-12/h1-9H,10-11H2,(H,17,18). The summed E-state index contributed by atoms with van der Waals surface area (Å²) in [6.07, 6.45) is 0.409. The first kappa shape index (κ1) is 12.8. The monoisotopic (exact) mass is 303 g/mol. The summed E-state index contributed by atoms with van der Waals surface area (Å²) in [4.78, 5) is 11.8. The summed E-state index contributed by atoms with van der Waals surface area (Å²) < 4.78 is 0.996. The lowest BCUT2D eigenvalue weighted by atomic mass is 10.1. The number of nitrogens with one attached hydrogen (secondary N) is 1. The van der Waals surface area contributed by atoms with Gasteiger partial charge in [-0.25, -0.2) is 0 Å². The molecule has 18 heavy (non-hydrogen) atoms. The molecule has 1 N–H and O–H groups in total. The van der Waals surface area contributed by atoms with Crippen LogP contribution in [0.15, 0.2) is 59.1 Å². The quantitative estimate of drug-likeness (QED) is 0.922. The molecular weight excluding hydrogens is 290 g/mol. The lowest BCUT2D eigenvalue weighted by molar-refractivity contribution is -0.120. The van der Waals surface area contributed by atoms with Gasteiger partial charge < -0.3 is 5.32 Å². The van der Waals surface area contributed by atoms with Crippen LogP contribution in [-0.4, -0.2) is 5.91 Å². The second-order valence-electron chi connectivity index (χ2n) is 4.07. The van der Waals surface area contributed by atoms with Gasteiger partial charge in [-0.2, -0.15) is 0 Å². The number of hydrogen-bond donors (Lipinski definition) is 1. The maximum absolute atomic E-state index is 11.8. The van der Waals surface area contributed by atoms with E-state index in [2.05, 4.69) is 21.2 Å². The minimum atomic E-state index is 0.0388. The molecule has 0 heterocycles. The van der Waals surface area contributed by atoms with Gasteiger partial charge in [0.05, 0.1) is 6.42 Å². The topological polar surface area (TPSA) is 29.1 Å². The molecular formula is C15H14BrNO. The van der Waals surface area contributed by atoms with Gasteiger partial charge in [-0.1, -0.05) is 58.4 Å². The Morgan fingerprint density at radius 1 is 1.00 bits per heavy atom. The van der Waals surface area contributed by atoms with Crippen LogP contribution in [0.2, 0.25) is 0 Å². The Kier molecular flexibility index (Phi) is 4.53. The van der Waals surface area contributed by atoms with E-state index in [-0.39, 0.29) is 5.91 Å². The minimum absolute atomic E-state index is 0.0388. The van der Waals surface area contributed by atoms with Crippen molar-refractivity contribution in [1.29, 1.82) is 0 Å². The van der Waals surface area contributed by atoms with Crippen molar-refractivity contribution in [2.24, 2.45) is 0 Å². The summed E-state index contributed by atoms with van der Waals surface area (Å²) in [7, 11) is 0. The summed E-state index contributed by atoms with van der Waals surface area (Å²) in [5.41, 5.74) is 2.12. The van der Waals surface area contributed by atoms with Gasteiger partial charge in [-0.05, 0) is 23.3 Å². The number of carbonyl (C=O) groups excluding carboxylic acids is 1. The molecule has 0 unspecified atom stereocenters. The van der Waals surface area contributed by atoms with E-state index < -0.39 is 0 Å². The van der Waals surface area contributed by atoms with Crippen LogP contribution in [0.4, 0.5) is 0 Å². The maximum Gasteiger partial charge on any atom is 0.224 e. The molecule has 0 aliphatic heterocycles. The molecule has 0 atom stereocenters. The van der Waals surface area contributed by atoms with Crippen molar-refractivity contribution in [3.05, 3.63) is 70.2 Å². The zero-order chi connectivity index (χ0) is 12.8. The molecule has 2 rings (SSSR count). The zero-order valence-corrected chi connectivity index (χ0v) is 11.5. The fraction of sp³-hybridized carbons (Fsp3) is 0.133. The Balaban J connectivity index is 1.86. The van der Waals surface area contributed by atoms with E-state index >= 15 is 0 Å². The average molecular weight is 304 g/mol. The van der Waals surface area contributed by atoms with E-state index in [1.54, 1.807) is 0 Å². The largest absolute Gasteiger partial charge is 0.352 e. The number of benzene rings is 2. The van der Waals surface area contributed by atoms with Gasteiger partial charge in [-0.15, -0.1) is 0 Å². The fourth-order valence-corrected chi connectivity index (χ4v) is 2.14. The molecule has 0 aliphatic carbocycles. The smallest absolute Gasteiger partial charge is 0.224 e. The number of amides is 1. The second-order valence-corrected chi connectivity index (χ2v) is 4.98. The minimum Gasteiger partial charge on any atom is -0.352 e. The highest BCUT2D eigenvalue weighted by Gasteiger charge is 2.03. The summed E-state index contributed by atoms with van der Waals surface area (Å²) in [6.45, 7) is 0.577. The second kappa shape index (κ2) is 6.36. The molecule has 0 radical (unpaired) electrons. The van der Waals surface area contributed by atoms with E-state index in [4.69, 9.17) is 0 Å². The predicted molar refractivity (Wildman–Crippen MR) is 76.1 cm³/mol. The molecule has 0 aromatic heterocycles. The zero-order valence-electron chi connectivity index (χ0n) is 9.90. The molecule has 3 heteroatoms. The predicted octanol–water partition coefficient (Wildman–Crippen LogP) is 3.31. The Labute approximate surface area is 115 Å². The lowest BCUT2D eigenvalue weighted by Crippen LogP contribution is -2.24. The summed E-state index contributed by atoms with van der Waals surface area (Å²) in [6, 6.07) is 17.7. The van der Waals surface area contributed by atoms with Crippen LogP contribution in [0.3, 0.4) is 0 Å². The van der Waals surface area contributed by atoms with E-state index in [1.807, 2.05) is 54.6 Å². The van der Waals surface area contributed by atoms with Gasteiger partial charge in [0, 0.05) is 11.0 Å². The number of halogens is 1. The van der Waals surface area contributed by atoms with E-state index in [0.717, 1.165) is 15.6 Å². The van der Waals surface area contributed by atoms with Crippen LogP contribution in [0.25, 0.3) is 0 Å². The third-order valence-corrected chi connectivity index (χ3v) is 3.08. The van der Waals surface area contributed by atoms with Crippen molar-refractivity contribution in [3.8, 4) is 0 Å². The molecule has 0 fully saturated rings.